The quantitative estimate of drug-likeness (QED) is 0.678. The van der Waals surface area contributed by atoms with Gasteiger partial charge in [0.1, 0.15) is 12.4 Å². The number of ketones is 1. The first-order valence-corrected chi connectivity index (χ1v) is 10.5. The average Bonchev–Trinajstić information content (AvgIpc) is 3.42. The van der Waals surface area contributed by atoms with E-state index in [2.05, 4.69) is 11.4 Å². The molecule has 0 aromatic heterocycles. The van der Waals surface area contributed by atoms with Gasteiger partial charge < -0.3 is 14.8 Å². The van der Waals surface area contributed by atoms with Crippen molar-refractivity contribution >= 4 is 17.4 Å². The molecule has 1 aliphatic heterocycles. The summed E-state index contributed by atoms with van der Waals surface area (Å²) in [6.45, 7) is 1.32. The van der Waals surface area contributed by atoms with Crippen molar-refractivity contribution < 1.29 is 19.1 Å². The van der Waals surface area contributed by atoms with E-state index in [0.29, 0.717) is 23.6 Å². The van der Waals surface area contributed by atoms with Gasteiger partial charge in [0.05, 0.1) is 6.10 Å². The van der Waals surface area contributed by atoms with Gasteiger partial charge >= 0.3 is 0 Å². The molecule has 5 heteroatoms. The Kier molecular flexibility index (Phi) is 6.25. The van der Waals surface area contributed by atoms with E-state index >= 15 is 0 Å². The van der Waals surface area contributed by atoms with Crippen LogP contribution in [0.2, 0.25) is 0 Å². The van der Waals surface area contributed by atoms with Crippen LogP contribution in [-0.2, 0) is 22.4 Å². The topological polar surface area (TPSA) is 64.6 Å². The third-order valence-electron chi connectivity index (χ3n) is 5.58. The lowest BCUT2D eigenvalue weighted by Crippen LogP contribution is -2.16. The van der Waals surface area contributed by atoms with Crippen LogP contribution in [0.3, 0.4) is 0 Å². The van der Waals surface area contributed by atoms with Crippen LogP contribution in [0.4, 0.5) is 5.69 Å². The minimum atomic E-state index is -0.171. The summed E-state index contributed by atoms with van der Waals surface area (Å²) in [6.07, 6.45) is 5.93. The van der Waals surface area contributed by atoms with E-state index in [1.165, 1.54) is 11.1 Å². The molecule has 1 unspecified atom stereocenters. The number of nitrogens with one attached hydrogen (secondary N) is 1. The minimum absolute atomic E-state index is 0.0171. The summed E-state index contributed by atoms with van der Waals surface area (Å²) >= 11 is 0. The number of benzene rings is 2. The molecule has 1 N–H and O–H groups in total. The number of rotatable bonds is 8. The lowest BCUT2D eigenvalue weighted by Gasteiger charge is -2.12. The molecule has 0 bridgehead atoms. The molecule has 152 valence electrons. The highest BCUT2D eigenvalue weighted by Crippen LogP contribution is 2.24. The Balaban J connectivity index is 1.26. The lowest BCUT2D eigenvalue weighted by atomic mass is 10.0. The van der Waals surface area contributed by atoms with Crippen LogP contribution in [0.25, 0.3) is 0 Å². The second-order valence-electron chi connectivity index (χ2n) is 7.78. The molecule has 29 heavy (non-hydrogen) atoms. The first-order valence-electron chi connectivity index (χ1n) is 10.5. The van der Waals surface area contributed by atoms with Crippen LogP contribution in [0.1, 0.15) is 53.6 Å². The monoisotopic (exact) mass is 393 g/mol. The minimum Gasteiger partial charge on any atom is -0.491 e. The number of fused-ring (bicyclic) bond motifs is 1. The number of anilines is 1. The van der Waals surface area contributed by atoms with Crippen molar-refractivity contribution in [1.29, 1.82) is 0 Å². The number of carbonyl (C=O) groups is 2. The van der Waals surface area contributed by atoms with Gasteiger partial charge in [0.15, 0.2) is 5.78 Å². The molecule has 1 aliphatic carbocycles. The summed E-state index contributed by atoms with van der Waals surface area (Å²) in [7, 11) is 0. The maximum atomic E-state index is 12.5. The summed E-state index contributed by atoms with van der Waals surface area (Å²) in [6, 6.07) is 13.3. The fourth-order valence-electron chi connectivity index (χ4n) is 3.97. The smallest absolute Gasteiger partial charge is 0.224 e. The second kappa shape index (κ2) is 9.23. The molecule has 1 saturated heterocycles. The van der Waals surface area contributed by atoms with E-state index < -0.39 is 0 Å². The Morgan fingerprint density at radius 2 is 1.93 bits per heavy atom. The number of hydrogen-bond donors (Lipinski definition) is 1. The van der Waals surface area contributed by atoms with Gasteiger partial charge in [-0.05, 0) is 61.4 Å². The van der Waals surface area contributed by atoms with Gasteiger partial charge in [0, 0.05) is 36.8 Å². The van der Waals surface area contributed by atoms with Gasteiger partial charge in [0.25, 0.3) is 0 Å². The van der Waals surface area contributed by atoms with Crippen LogP contribution in [0, 0.1) is 0 Å². The predicted octanol–water partition coefficient (Wildman–Crippen LogP) is 4.33. The van der Waals surface area contributed by atoms with Crippen molar-refractivity contribution in [2.45, 2.75) is 51.0 Å². The molecule has 2 aromatic rings. The van der Waals surface area contributed by atoms with Gasteiger partial charge in [-0.25, -0.2) is 0 Å². The summed E-state index contributed by atoms with van der Waals surface area (Å²) in [5.74, 6) is 0.548. The maximum absolute atomic E-state index is 12.5. The number of Topliss-reactive ketones (excluding diaryl/α,β-unsaturated/α-hetero) is 1. The number of amides is 1. The van der Waals surface area contributed by atoms with Crippen LogP contribution >= 0.6 is 0 Å². The van der Waals surface area contributed by atoms with Crippen molar-refractivity contribution in [3.8, 4) is 5.75 Å². The highest BCUT2D eigenvalue weighted by atomic mass is 16.5. The molecule has 1 amide bonds. The Bertz CT molecular complexity index is 886. The van der Waals surface area contributed by atoms with Gasteiger partial charge in [-0.15, -0.1) is 0 Å². The van der Waals surface area contributed by atoms with E-state index in [4.69, 9.17) is 9.47 Å². The van der Waals surface area contributed by atoms with Gasteiger partial charge in [-0.3, -0.25) is 9.59 Å². The molecule has 5 nitrogen and oxygen atoms in total. The van der Waals surface area contributed by atoms with Gasteiger partial charge in [0.2, 0.25) is 5.91 Å². The normalized spacial score (nSPS) is 17.7. The van der Waals surface area contributed by atoms with E-state index in [9.17, 15) is 9.59 Å². The molecular weight excluding hydrogens is 366 g/mol. The first-order chi connectivity index (χ1) is 14.2. The maximum Gasteiger partial charge on any atom is 0.224 e. The van der Waals surface area contributed by atoms with E-state index in [1.54, 1.807) is 6.07 Å². The van der Waals surface area contributed by atoms with Crippen LogP contribution in [0.15, 0.2) is 42.5 Å². The summed E-state index contributed by atoms with van der Waals surface area (Å²) < 4.78 is 11.3. The zero-order valence-corrected chi connectivity index (χ0v) is 16.6. The molecule has 1 heterocycles. The Morgan fingerprint density at radius 3 is 2.79 bits per heavy atom. The largest absolute Gasteiger partial charge is 0.491 e. The van der Waals surface area contributed by atoms with Gasteiger partial charge in [-0.1, -0.05) is 18.2 Å². The molecule has 1 fully saturated rings. The van der Waals surface area contributed by atoms with Crippen LogP contribution in [-0.4, -0.2) is 31.0 Å². The molecule has 2 aliphatic rings. The fourth-order valence-corrected chi connectivity index (χ4v) is 3.97. The molecule has 2 aromatic carbocycles. The fraction of sp³-hybridized carbons (Fsp3) is 0.417. The van der Waals surface area contributed by atoms with Crippen LogP contribution < -0.4 is 10.1 Å². The summed E-state index contributed by atoms with van der Waals surface area (Å²) in [4.78, 5) is 24.7. The molecule has 1 atom stereocenters. The molecule has 4 rings (SSSR count). The lowest BCUT2D eigenvalue weighted by molar-refractivity contribution is -0.116. The number of carbonyl (C=O) groups excluding carboxylic acids is 2. The zero-order chi connectivity index (χ0) is 20.1. The highest BCUT2D eigenvalue weighted by Gasteiger charge is 2.17. The second-order valence-corrected chi connectivity index (χ2v) is 7.78. The Morgan fingerprint density at radius 1 is 1.03 bits per heavy atom. The van der Waals surface area contributed by atoms with Crippen LogP contribution in [0.5, 0.6) is 5.75 Å². The van der Waals surface area contributed by atoms with Crippen molar-refractivity contribution in [3.05, 3.63) is 59.2 Å². The molecular formula is C24H27NO4. The number of ether oxygens (including phenoxy) is 2. The zero-order valence-electron chi connectivity index (χ0n) is 16.6. The Labute approximate surface area is 171 Å². The van der Waals surface area contributed by atoms with Gasteiger partial charge in [-0.2, -0.15) is 0 Å². The van der Waals surface area contributed by atoms with Crippen molar-refractivity contribution in [2.24, 2.45) is 0 Å². The summed E-state index contributed by atoms with van der Waals surface area (Å²) in [5, 5.41) is 2.86. The van der Waals surface area contributed by atoms with Crippen molar-refractivity contribution in [1.82, 2.24) is 0 Å². The summed E-state index contributed by atoms with van der Waals surface area (Å²) in [5.41, 5.74) is 4.01. The van der Waals surface area contributed by atoms with E-state index in [1.807, 2.05) is 30.3 Å². The number of aryl methyl sites for hydroxylation is 2. The molecule has 0 radical (unpaired) electrons. The van der Waals surface area contributed by atoms with E-state index in [-0.39, 0.29) is 30.6 Å². The standard InChI is InChI=1S/C24H27NO4/c26-23(19-10-9-17-4-1-5-18(17)14-19)11-12-24(27)25-20-6-2-7-21(15-20)29-16-22-8-3-13-28-22/h2,6-7,9-10,14-15,22H,1,3-5,8,11-13,16H2,(H,25,27). The van der Waals surface area contributed by atoms with Crippen molar-refractivity contribution in [2.75, 3.05) is 18.5 Å². The highest BCUT2D eigenvalue weighted by molar-refractivity contribution is 6.00. The molecule has 0 spiro atoms. The predicted molar refractivity (Wildman–Crippen MR) is 112 cm³/mol. The molecule has 0 saturated carbocycles. The number of hydrogen-bond acceptors (Lipinski definition) is 4. The third kappa shape index (κ3) is 5.24. The van der Waals surface area contributed by atoms with E-state index in [0.717, 1.165) is 38.7 Å². The average molecular weight is 393 g/mol. The Hall–Kier alpha value is -2.66. The first kappa shape index (κ1) is 19.6. The SMILES string of the molecule is O=C(CCC(=O)c1ccc2c(c1)CCC2)Nc1cccc(OCC2CCCO2)c1. The van der Waals surface area contributed by atoms with Crippen molar-refractivity contribution in [3.63, 3.8) is 0 Å². The third-order valence-corrected chi connectivity index (χ3v) is 5.58.